The molecule has 1 fully saturated rings. The van der Waals surface area contributed by atoms with Crippen molar-refractivity contribution >= 4 is 0 Å². The molecule has 3 unspecified atom stereocenters. The first-order valence-corrected chi connectivity index (χ1v) is 6.42. The maximum atomic E-state index is 5.45. The van der Waals surface area contributed by atoms with Crippen LogP contribution >= 0.6 is 0 Å². The van der Waals surface area contributed by atoms with Gasteiger partial charge in [0, 0.05) is 6.42 Å². The van der Waals surface area contributed by atoms with Gasteiger partial charge < -0.3 is 5.32 Å². The lowest BCUT2D eigenvalue weighted by atomic mass is 9.73. The van der Waals surface area contributed by atoms with Crippen LogP contribution in [0.5, 0.6) is 0 Å². The molecule has 0 saturated heterocycles. The molecule has 1 rings (SSSR count). The Morgan fingerprint density at radius 2 is 2.13 bits per heavy atom. The number of terminal acetylenes is 1. The van der Waals surface area contributed by atoms with E-state index >= 15 is 0 Å². The van der Waals surface area contributed by atoms with Crippen LogP contribution in [0.4, 0.5) is 0 Å². The Morgan fingerprint density at radius 1 is 1.33 bits per heavy atom. The second kappa shape index (κ2) is 6.90. The summed E-state index contributed by atoms with van der Waals surface area (Å²) in [5.74, 6) is 5.32. The first-order valence-electron chi connectivity index (χ1n) is 6.42. The van der Waals surface area contributed by atoms with Crippen LogP contribution in [-0.2, 0) is 0 Å². The maximum absolute atomic E-state index is 5.45. The molecule has 86 valence electrons. The molecule has 1 heteroatoms. The van der Waals surface area contributed by atoms with Crippen LogP contribution < -0.4 is 5.32 Å². The van der Waals surface area contributed by atoms with Gasteiger partial charge in [-0.15, -0.1) is 12.3 Å². The highest BCUT2D eigenvalue weighted by Gasteiger charge is 2.27. The van der Waals surface area contributed by atoms with Crippen LogP contribution in [0.2, 0.25) is 0 Å². The van der Waals surface area contributed by atoms with Gasteiger partial charge in [-0.1, -0.05) is 20.3 Å². The van der Waals surface area contributed by atoms with E-state index in [0.717, 1.165) is 30.7 Å². The summed E-state index contributed by atoms with van der Waals surface area (Å²) in [5.41, 5.74) is 0. The van der Waals surface area contributed by atoms with E-state index in [0.29, 0.717) is 0 Å². The van der Waals surface area contributed by atoms with Gasteiger partial charge in [-0.25, -0.2) is 0 Å². The van der Waals surface area contributed by atoms with Gasteiger partial charge in [0.15, 0.2) is 0 Å². The molecule has 1 nitrogen and oxygen atoms in total. The molecule has 0 spiro atoms. The third-order valence-electron chi connectivity index (χ3n) is 3.62. The quantitative estimate of drug-likeness (QED) is 0.539. The lowest BCUT2D eigenvalue weighted by molar-refractivity contribution is 0.188. The van der Waals surface area contributed by atoms with E-state index < -0.39 is 0 Å². The molecule has 0 radical (unpaired) electrons. The number of nitrogens with one attached hydrogen (secondary N) is 1. The normalized spacial score (nSPS) is 31.1. The summed E-state index contributed by atoms with van der Waals surface area (Å²) in [7, 11) is 0. The predicted octanol–water partition coefficient (Wildman–Crippen LogP) is 3.06. The minimum atomic E-state index is 0.767. The predicted molar refractivity (Wildman–Crippen MR) is 66.6 cm³/mol. The van der Waals surface area contributed by atoms with Gasteiger partial charge in [0.05, 0.1) is 0 Å². The fraction of sp³-hybridized carbons (Fsp3) is 0.857. The zero-order valence-corrected chi connectivity index (χ0v) is 10.3. The molecule has 0 bridgehead atoms. The van der Waals surface area contributed by atoms with Crippen molar-refractivity contribution in [3.63, 3.8) is 0 Å². The summed E-state index contributed by atoms with van der Waals surface area (Å²) in [6.45, 7) is 6.90. The van der Waals surface area contributed by atoms with E-state index in [9.17, 15) is 0 Å². The van der Waals surface area contributed by atoms with Gasteiger partial charge in [-0.05, 0) is 50.1 Å². The summed E-state index contributed by atoms with van der Waals surface area (Å²) in [6.07, 6.45) is 11.7. The molecule has 1 aliphatic carbocycles. The molecule has 1 aliphatic rings. The molecule has 1 saturated carbocycles. The van der Waals surface area contributed by atoms with Crippen molar-refractivity contribution in [3.8, 4) is 12.3 Å². The average Bonchev–Trinajstić information content (AvgIpc) is 2.22. The van der Waals surface area contributed by atoms with Gasteiger partial charge >= 0.3 is 0 Å². The first kappa shape index (κ1) is 12.6. The highest BCUT2D eigenvalue weighted by Crippen LogP contribution is 2.35. The van der Waals surface area contributed by atoms with Gasteiger partial charge in [-0.2, -0.15) is 0 Å². The van der Waals surface area contributed by atoms with Crippen molar-refractivity contribution in [1.29, 1.82) is 0 Å². The van der Waals surface area contributed by atoms with Gasteiger partial charge in [0.2, 0.25) is 0 Å². The zero-order valence-electron chi connectivity index (χ0n) is 10.3. The van der Waals surface area contributed by atoms with E-state index in [2.05, 4.69) is 25.1 Å². The van der Waals surface area contributed by atoms with Crippen molar-refractivity contribution in [3.05, 3.63) is 0 Å². The molecule has 0 aromatic carbocycles. The summed E-state index contributed by atoms with van der Waals surface area (Å²) < 4.78 is 0. The average molecular weight is 207 g/mol. The van der Waals surface area contributed by atoms with Crippen molar-refractivity contribution in [2.75, 3.05) is 13.1 Å². The third-order valence-corrected chi connectivity index (χ3v) is 3.62. The van der Waals surface area contributed by atoms with Crippen molar-refractivity contribution in [1.82, 2.24) is 5.32 Å². The smallest absolute Gasteiger partial charge is 0.0118 e. The van der Waals surface area contributed by atoms with Gasteiger partial charge in [-0.3, -0.25) is 0 Å². The van der Waals surface area contributed by atoms with E-state index in [1.54, 1.807) is 0 Å². The first-order chi connectivity index (χ1) is 7.27. The van der Waals surface area contributed by atoms with Gasteiger partial charge in [0.25, 0.3) is 0 Å². The van der Waals surface area contributed by atoms with E-state index in [-0.39, 0.29) is 0 Å². The van der Waals surface area contributed by atoms with Crippen LogP contribution in [-0.4, -0.2) is 13.1 Å². The van der Waals surface area contributed by atoms with E-state index in [4.69, 9.17) is 6.42 Å². The summed E-state index contributed by atoms with van der Waals surface area (Å²) in [4.78, 5) is 0. The molecule has 0 heterocycles. The van der Waals surface area contributed by atoms with E-state index in [1.165, 1.54) is 32.2 Å². The van der Waals surface area contributed by atoms with Crippen LogP contribution in [0.3, 0.4) is 0 Å². The highest BCUT2D eigenvalue weighted by atomic mass is 14.9. The Hall–Kier alpha value is -0.480. The van der Waals surface area contributed by atoms with Crippen LogP contribution in [0, 0.1) is 30.1 Å². The molecular weight excluding hydrogens is 182 g/mol. The Bertz CT molecular complexity index is 204. The summed E-state index contributed by atoms with van der Waals surface area (Å²) >= 11 is 0. The fourth-order valence-electron chi connectivity index (χ4n) is 2.70. The minimum Gasteiger partial charge on any atom is -0.316 e. The Morgan fingerprint density at radius 3 is 2.80 bits per heavy atom. The molecule has 15 heavy (non-hydrogen) atoms. The lowest BCUT2D eigenvalue weighted by Crippen LogP contribution is -2.32. The molecule has 3 atom stereocenters. The Balaban J connectivity index is 2.35. The topological polar surface area (TPSA) is 12.0 Å². The van der Waals surface area contributed by atoms with Crippen LogP contribution in [0.25, 0.3) is 0 Å². The molecule has 0 aliphatic heterocycles. The summed E-state index contributed by atoms with van der Waals surface area (Å²) in [5, 5.41) is 3.54. The SMILES string of the molecule is C#CCC1CC(C)CCC1CNCCC. The Labute approximate surface area is 95.0 Å². The minimum absolute atomic E-state index is 0.767. The standard InChI is InChI=1S/C14H25N/c1-4-6-13-10-12(3)7-8-14(13)11-15-9-5-2/h1,12-15H,5-11H2,2-3H3. The molecule has 1 N–H and O–H groups in total. The molecule has 0 aromatic heterocycles. The highest BCUT2D eigenvalue weighted by molar-refractivity contribution is 4.91. The number of rotatable bonds is 5. The Kier molecular flexibility index (Phi) is 5.79. The zero-order chi connectivity index (χ0) is 11.1. The van der Waals surface area contributed by atoms with Crippen molar-refractivity contribution in [2.24, 2.45) is 17.8 Å². The monoisotopic (exact) mass is 207 g/mol. The molecular formula is C14H25N. The summed E-state index contributed by atoms with van der Waals surface area (Å²) in [6, 6.07) is 0. The van der Waals surface area contributed by atoms with Crippen LogP contribution in [0.15, 0.2) is 0 Å². The molecule has 0 amide bonds. The molecule has 0 aromatic rings. The fourth-order valence-corrected chi connectivity index (χ4v) is 2.70. The van der Waals surface area contributed by atoms with Crippen molar-refractivity contribution < 1.29 is 0 Å². The lowest BCUT2D eigenvalue weighted by Gasteiger charge is -2.34. The van der Waals surface area contributed by atoms with Crippen LogP contribution in [0.1, 0.15) is 46.0 Å². The number of hydrogen-bond donors (Lipinski definition) is 1. The second-order valence-electron chi connectivity index (χ2n) is 5.05. The van der Waals surface area contributed by atoms with E-state index in [1.807, 2.05) is 0 Å². The largest absolute Gasteiger partial charge is 0.316 e. The third kappa shape index (κ3) is 4.26. The van der Waals surface area contributed by atoms with Gasteiger partial charge in [0.1, 0.15) is 0 Å². The maximum Gasteiger partial charge on any atom is 0.0118 e. The number of hydrogen-bond acceptors (Lipinski definition) is 1. The second-order valence-corrected chi connectivity index (χ2v) is 5.05. The van der Waals surface area contributed by atoms with Crippen molar-refractivity contribution in [2.45, 2.75) is 46.0 Å².